The SMILES string of the molecule is CCc1ccc(CNC)cc1S(=O)(=O)Nc1nc(C)cs1. The zero-order valence-electron chi connectivity index (χ0n) is 12.3. The molecule has 0 spiro atoms. The second-order valence-electron chi connectivity index (χ2n) is 4.73. The lowest BCUT2D eigenvalue weighted by molar-refractivity contribution is 0.600. The highest BCUT2D eigenvalue weighted by Gasteiger charge is 2.19. The number of sulfonamides is 1. The van der Waals surface area contributed by atoms with Crippen molar-refractivity contribution in [1.29, 1.82) is 0 Å². The molecule has 0 saturated heterocycles. The van der Waals surface area contributed by atoms with Crippen LogP contribution < -0.4 is 10.0 Å². The lowest BCUT2D eigenvalue weighted by Crippen LogP contribution is -2.16. The third kappa shape index (κ3) is 3.81. The molecule has 0 amide bonds. The van der Waals surface area contributed by atoms with E-state index in [9.17, 15) is 8.42 Å². The Morgan fingerprint density at radius 2 is 2.10 bits per heavy atom. The first-order valence-electron chi connectivity index (χ1n) is 6.67. The lowest BCUT2D eigenvalue weighted by atomic mass is 10.1. The lowest BCUT2D eigenvalue weighted by Gasteiger charge is -2.12. The Morgan fingerprint density at radius 3 is 2.67 bits per heavy atom. The fourth-order valence-corrected chi connectivity index (χ4v) is 4.33. The highest BCUT2D eigenvalue weighted by molar-refractivity contribution is 7.93. The van der Waals surface area contributed by atoms with Crippen molar-refractivity contribution in [2.45, 2.75) is 31.7 Å². The van der Waals surface area contributed by atoms with Crippen LogP contribution >= 0.6 is 11.3 Å². The number of benzene rings is 1. The van der Waals surface area contributed by atoms with E-state index in [1.165, 1.54) is 11.3 Å². The number of hydrogen-bond donors (Lipinski definition) is 2. The second-order valence-corrected chi connectivity index (χ2v) is 7.23. The molecule has 0 radical (unpaired) electrons. The van der Waals surface area contributed by atoms with E-state index in [1.807, 2.05) is 38.4 Å². The molecule has 7 heteroatoms. The van der Waals surface area contributed by atoms with Crippen LogP contribution in [0.25, 0.3) is 0 Å². The monoisotopic (exact) mass is 325 g/mol. The molecule has 2 aromatic rings. The van der Waals surface area contributed by atoms with Gasteiger partial charge in [0.2, 0.25) is 0 Å². The van der Waals surface area contributed by atoms with E-state index in [0.717, 1.165) is 16.8 Å². The minimum Gasteiger partial charge on any atom is -0.316 e. The number of nitrogens with zero attached hydrogens (tertiary/aromatic N) is 1. The van der Waals surface area contributed by atoms with Gasteiger partial charge in [-0.1, -0.05) is 19.1 Å². The topological polar surface area (TPSA) is 71.1 Å². The molecule has 0 aliphatic rings. The minimum atomic E-state index is -3.61. The highest BCUT2D eigenvalue weighted by Crippen LogP contribution is 2.23. The zero-order valence-corrected chi connectivity index (χ0v) is 13.9. The van der Waals surface area contributed by atoms with Gasteiger partial charge in [-0.15, -0.1) is 11.3 Å². The van der Waals surface area contributed by atoms with E-state index in [2.05, 4.69) is 15.0 Å². The highest BCUT2D eigenvalue weighted by atomic mass is 32.2. The second kappa shape index (κ2) is 6.55. The molecule has 1 aromatic heterocycles. The van der Waals surface area contributed by atoms with Crippen molar-refractivity contribution in [1.82, 2.24) is 10.3 Å². The van der Waals surface area contributed by atoms with E-state index in [4.69, 9.17) is 0 Å². The van der Waals surface area contributed by atoms with Crippen LogP contribution in [-0.4, -0.2) is 20.4 Å². The largest absolute Gasteiger partial charge is 0.316 e. The first kappa shape index (κ1) is 15.9. The van der Waals surface area contributed by atoms with Crippen molar-refractivity contribution in [2.24, 2.45) is 0 Å². The van der Waals surface area contributed by atoms with Crippen LogP contribution in [0, 0.1) is 6.92 Å². The number of anilines is 1. The molecule has 1 heterocycles. The molecule has 0 atom stereocenters. The normalized spacial score (nSPS) is 11.6. The van der Waals surface area contributed by atoms with Crippen molar-refractivity contribution in [2.75, 3.05) is 11.8 Å². The van der Waals surface area contributed by atoms with Gasteiger partial charge in [0.05, 0.1) is 10.6 Å². The number of rotatable bonds is 6. The summed E-state index contributed by atoms with van der Waals surface area (Å²) < 4.78 is 27.7. The summed E-state index contributed by atoms with van der Waals surface area (Å²) in [6.07, 6.45) is 0.660. The van der Waals surface area contributed by atoms with Gasteiger partial charge < -0.3 is 5.32 Å². The Balaban J connectivity index is 2.39. The van der Waals surface area contributed by atoms with Crippen LogP contribution in [0.1, 0.15) is 23.7 Å². The third-order valence-corrected chi connectivity index (χ3v) is 5.45. The van der Waals surface area contributed by atoms with Crippen molar-refractivity contribution >= 4 is 26.5 Å². The van der Waals surface area contributed by atoms with Crippen LogP contribution in [0.5, 0.6) is 0 Å². The summed E-state index contributed by atoms with van der Waals surface area (Å²) in [7, 11) is -1.78. The molecule has 2 rings (SSSR count). The molecule has 0 bridgehead atoms. The van der Waals surface area contributed by atoms with E-state index < -0.39 is 10.0 Å². The summed E-state index contributed by atoms with van der Waals surface area (Å²) in [6, 6.07) is 5.54. The fourth-order valence-electron chi connectivity index (χ4n) is 2.03. The van der Waals surface area contributed by atoms with Crippen molar-refractivity contribution < 1.29 is 8.42 Å². The molecule has 2 N–H and O–H groups in total. The summed E-state index contributed by atoms with van der Waals surface area (Å²) in [5.41, 5.74) is 2.54. The standard InChI is InChI=1S/C14H19N3O2S2/c1-4-12-6-5-11(8-15-3)7-13(12)21(18,19)17-14-16-10(2)9-20-14/h5-7,9,15H,4,8H2,1-3H3,(H,16,17). The van der Waals surface area contributed by atoms with Gasteiger partial charge >= 0.3 is 0 Å². The van der Waals surface area contributed by atoms with Crippen LogP contribution in [0.4, 0.5) is 5.13 Å². The van der Waals surface area contributed by atoms with Crippen molar-refractivity contribution in [3.05, 3.63) is 40.4 Å². The number of thiazole rings is 1. The van der Waals surface area contributed by atoms with Crippen LogP contribution in [0.2, 0.25) is 0 Å². The van der Waals surface area contributed by atoms with Gasteiger partial charge in [-0.05, 0) is 37.6 Å². The number of hydrogen-bond acceptors (Lipinski definition) is 5. The van der Waals surface area contributed by atoms with E-state index >= 15 is 0 Å². The maximum Gasteiger partial charge on any atom is 0.263 e. The first-order valence-corrected chi connectivity index (χ1v) is 9.04. The molecule has 0 aliphatic heterocycles. The van der Waals surface area contributed by atoms with Gasteiger partial charge in [0.15, 0.2) is 5.13 Å². The maximum absolute atomic E-state index is 12.6. The van der Waals surface area contributed by atoms with E-state index in [0.29, 0.717) is 23.0 Å². The summed E-state index contributed by atoms with van der Waals surface area (Å²) >= 11 is 1.29. The Bertz CT molecular complexity index is 724. The van der Waals surface area contributed by atoms with Gasteiger partial charge in [-0.2, -0.15) is 0 Å². The molecule has 1 aromatic carbocycles. The maximum atomic E-state index is 12.6. The number of aromatic nitrogens is 1. The molecule has 0 saturated carbocycles. The minimum absolute atomic E-state index is 0.325. The summed E-state index contributed by atoms with van der Waals surface area (Å²) in [6.45, 7) is 4.40. The quantitative estimate of drug-likeness (QED) is 0.856. The van der Waals surface area contributed by atoms with Crippen LogP contribution in [0.15, 0.2) is 28.5 Å². The zero-order chi connectivity index (χ0) is 15.5. The van der Waals surface area contributed by atoms with Gasteiger partial charge in [-0.3, -0.25) is 4.72 Å². The smallest absolute Gasteiger partial charge is 0.263 e. The molecule has 0 fully saturated rings. The van der Waals surface area contributed by atoms with Crippen LogP contribution in [-0.2, 0) is 23.0 Å². The Morgan fingerprint density at radius 1 is 1.33 bits per heavy atom. The third-order valence-electron chi connectivity index (χ3n) is 3.02. The van der Waals surface area contributed by atoms with Crippen LogP contribution in [0.3, 0.4) is 0 Å². The Hall–Kier alpha value is -1.44. The molecule has 0 unspecified atom stereocenters. The van der Waals surface area contributed by atoms with Crippen molar-refractivity contribution in [3.63, 3.8) is 0 Å². The first-order chi connectivity index (χ1) is 9.96. The van der Waals surface area contributed by atoms with Gasteiger partial charge in [0.1, 0.15) is 0 Å². The predicted octanol–water partition coefficient (Wildman–Crippen LogP) is 2.53. The molecular formula is C14H19N3O2S2. The summed E-state index contributed by atoms with van der Waals surface area (Å²) in [5.74, 6) is 0. The van der Waals surface area contributed by atoms with E-state index in [1.54, 1.807) is 6.07 Å². The summed E-state index contributed by atoms with van der Waals surface area (Å²) in [4.78, 5) is 4.48. The molecular weight excluding hydrogens is 306 g/mol. The average Bonchev–Trinajstić information content (AvgIpc) is 2.83. The van der Waals surface area contributed by atoms with Gasteiger partial charge in [0.25, 0.3) is 10.0 Å². The molecule has 21 heavy (non-hydrogen) atoms. The number of nitrogens with one attached hydrogen (secondary N) is 2. The Kier molecular flexibility index (Phi) is 4.97. The molecule has 114 valence electrons. The van der Waals surface area contributed by atoms with Gasteiger partial charge in [0, 0.05) is 11.9 Å². The fraction of sp³-hybridized carbons (Fsp3) is 0.357. The molecule has 5 nitrogen and oxygen atoms in total. The van der Waals surface area contributed by atoms with Crippen molar-refractivity contribution in [3.8, 4) is 0 Å². The number of aryl methyl sites for hydroxylation is 2. The average molecular weight is 325 g/mol. The Labute approximate surface area is 129 Å². The summed E-state index contributed by atoms with van der Waals surface area (Å²) in [5, 5.41) is 5.24. The molecule has 0 aliphatic carbocycles. The predicted molar refractivity (Wildman–Crippen MR) is 86.2 cm³/mol. The van der Waals surface area contributed by atoms with Gasteiger partial charge in [-0.25, -0.2) is 13.4 Å². The van der Waals surface area contributed by atoms with E-state index in [-0.39, 0.29) is 0 Å².